The van der Waals surface area contributed by atoms with E-state index in [0.29, 0.717) is 23.5 Å². The van der Waals surface area contributed by atoms with Gasteiger partial charge in [-0.25, -0.2) is 4.79 Å². The first-order valence-corrected chi connectivity index (χ1v) is 9.60. The van der Waals surface area contributed by atoms with E-state index in [-0.39, 0.29) is 0 Å². The second-order valence-corrected chi connectivity index (χ2v) is 7.32. The van der Waals surface area contributed by atoms with Crippen LogP contribution >= 0.6 is 15.9 Å². The van der Waals surface area contributed by atoms with Gasteiger partial charge in [-0.2, -0.15) is 5.26 Å². The molecule has 0 amide bonds. The third kappa shape index (κ3) is 4.10. The molecule has 0 aliphatic carbocycles. The molecule has 1 aliphatic heterocycles. The number of hydrogen-bond donors (Lipinski definition) is 1. The van der Waals surface area contributed by atoms with Crippen LogP contribution < -0.4 is 5.73 Å². The molecule has 1 heterocycles. The summed E-state index contributed by atoms with van der Waals surface area (Å²) in [6.07, 6.45) is 2.44. The molecule has 0 saturated carbocycles. The van der Waals surface area contributed by atoms with Crippen LogP contribution in [0.3, 0.4) is 0 Å². The smallest absolute Gasteiger partial charge is 0.336 e. The van der Waals surface area contributed by atoms with Gasteiger partial charge in [0.25, 0.3) is 0 Å². The average molecular weight is 438 g/mol. The van der Waals surface area contributed by atoms with E-state index in [9.17, 15) is 10.1 Å². The SMILES string of the molecule is COC(=O)C1=CN(CCc2ccccc2)C(N)=C(C#N)C1c1ccc(Br)cc1. The van der Waals surface area contributed by atoms with Crippen molar-refractivity contribution in [2.24, 2.45) is 5.73 Å². The third-order valence-electron chi connectivity index (χ3n) is 4.71. The maximum atomic E-state index is 12.5. The molecule has 1 atom stereocenters. The Kier molecular flexibility index (Phi) is 6.17. The van der Waals surface area contributed by atoms with Gasteiger partial charge in [-0.1, -0.05) is 58.4 Å². The number of nitriles is 1. The van der Waals surface area contributed by atoms with E-state index in [2.05, 4.69) is 22.0 Å². The molecule has 0 bridgehead atoms. The Bertz CT molecular complexity index is 960. The molecule has 5 nitrogen and oxygen atoms in total. The quantitative estimate of drug-likeness (QED) is 0.718. The number of nitrogens with zero attached hydrogens (tertiary/aromatic N) is 2. The lowest BCUT2D eigenvalue weighted by atomic mass is 9.83. The van der Waals surface area contributed by atoms with Crippen LogP contribution in [-0.2, 0) is 16.0 Å². The van der Waals surface area contributed by atoms with Gasteiger partial charge in [0.15, 0.2) is 0 Å². The molecule has 0 saturated heterocycles. The van der Waals surface area contributed by atoms with Gasteiger partial charge in [-0.05, 0) is 29.7 Å². The molecule has 2 aromatic carbocycles. The van der Waals surface area contributed by atoms with Gasteiger partial charge in [0.2, 0.25) is 0 Å². The Morgan fingerprint density at radius 1 is 1.21 bits per heavy atom. The van der Waals surface area contributed by atoms with Gasteiger partial charge in [0.1, 0.15) is 5.82 Å². The van der Waals surface area contributed by atoms with Crippen LogP contribution in [0.15, 0.2) is 82.2 Å². The number of halogens is 1. The van der Waals surface area contributed by atoms with Crippen molar-refractivity contribution in [1.82, 2.24) is 4.90 Å². The molecule has 142 valence electrons. The lowest BCUT2D eigenvalue weighted by Crippen LogP contribution is -2.34. The Balaban J connectivity index is 1.98. The number of methoxy groups -OCH3 is 1. The van der Waals surface area contributed by atoms with E-state index < -0.39 is 11.9 Å². The lowest BCUT2D eigenvalue weighted by molar-refractivity contribution is -0.136. The normalized spacial score (nSPS) is 16.4. The number of esters is 1. The third-order valence-corrected chi connectivity index (χ3v) is 5.24. The monoisotopic (exact) mass is 437 g/mol. The summed E-state index contributed by atoms with van der Waals surface area (Å²) in [4.78, 5) is 14.3. The molecule has 0 fully saturated rings. The average Bonchev–Trinajstić information content (AvgIpc) is 2.73. The van der Waals surface area contributed by atoms with E-state index in [1.165, 1.54) is 7.11 Å². The molecule has 3 rings (SSSR count). The Morgan fingerprint density at radius 2 is 1.89 bits per heavy atom. The summed E-state index contributed by atoms with van der Waals surface area (Å²) in [7, 11) is 1.34. The number of benzene rings is 2. The van der Waals surface area contributed by atoms with E-state index >= 15 is 0 Å². The molecular weight excluding hydrogens is 418 g/mol. The van der Waals surface area contributed by atoms with Crippen LogP contribution in [0, 0.1) is 11.3 Å². The van der Waals surface area contributed by atoms with Gasteiger partial charge in [-0.3, -0.25) is 0 Å². The van der Waals surface area contributed by atoms with Gasteiger partial charge in [-0.15, -0.1) is 0 Å². The molecule has 0 radical (unpaired) electrons. The van der Waals surface area contributed by atoms with Gasteiger partial charge >= 0.3 is 5.97 Å². The summed E-state index contributed by atoms with van der Waals surface area (Å²) in [5.74, 6) is -0.671. The standard InChI is InChI=1S/C22H20BrN3O2/c1-28-22(27)19-14-26(12-11-15-5-3-2-4-6-15)21(25)18(13-24)20(19)16-7-9-17(23)10-8-16/h2-10,14,20H,11-12,25H2,1H3. The second kappa shape index (κ2) is 8.77. The fraction of sp³-hybridized carbons (Fsp3) is 0.182. The highest BCUT2D eigenvalue weighted by atomic mass is 79.9. The highest BCUT2D eigenvalue weighted by Gasteiger charge is 2.34. The van der Waals surface area contributed by atoms with Crippen molar-refractivity contribution in [2.45, 2.75) is 12.3 Å². The molecule has 0 aromatic heterocycles. The fourth-order valence-corrected chi connectivity index (χ4v) is 3.53. The van der Waals surface area contributed by atoms with Crippen molar-refractivity contribution in [3.05, 3.63) is 93.4 Å². The number of carbonyl (C=O) groups excluding carboxylic acids is 1. The molecule has 28 heavy (non-hydrogen) atoms. The van der Waals surface area contributed by atoms with Crippen LogP contribution in [0.2, 0.25) is 0 Å². The minimum absolute atomic E-state index is 0.346. The molecule has 2 N–H and O–H groups in total. The van der Waals surface area contributed by atoms with Crippen LogP contribution in [0.4, 0.5) is 0 Å². The largest absolute Gasteiger partial charge is 0.466 e. The van der Waals surface area contributed by atoms with Crippen molar-refractivity contribution in [3.63, 3.8) is 0 Å². The summed E-state index contributed by atoms with van der Waals surface area (Å²) >= 11 is 3.41. The van der Waals surface area contributed by atoms with Crippen molar-refractivity contribution in [3.8, 4) is 6.07 Å². The minimum Gasteiger partial charge on any atom is -0.466 e. The fourth-order valence-electron chi connectivity index (χ4n) is 3.26. The number of allylic oxidation sites excluding steroid dienone is 1. The first kappa shape index (κ1) is 19.7. The Morgan fingerprint density at radius 3 is 2.50 bits per heavy atom. The van der Waals surface area contributed by atoms with Crippen LogP contribution in [0.5, 0.6) is 0 Å². The Hall–Kier alpha value is -3.04. The number of ether oxygens (including phenoxy) is 1. The van der Waals surface area contributed by atoms with Gasteiger partial charge in [0, 0.05) is 17.2 Å². The topological polar surface area (TPSA) is 79.3 Å². The number of carbonyl (C=O) groups is 1. The summed E-state index contributed by atoms with van der Waals surface area (Å²) in [6, 6.07) is 19.7. The first-order chi connectivity index (χ1) is 13.5. The highest BCUT2D eigenvalue weighted by Crippen LogP contribution is 2.38. The van der Waals surface area contributed by atoms with Crippen molar-refractivity contribution in [2.75, 3.05) is 13.7 Å². The number of rotatable bonds is 5. The van der Waals surface area contributed by atoms with E-state index in [4.69, 9.17) is 10.5 Å². The number of nitrogens with two attached hydrogens (primary N) is 1. The maximum Gasteiger partial charge on any atom is 0.336 e. The molecule has 1 unspecified atom stereocenters. The minimum atomic E-state index is -0.557. The maximum absolute atomic E-state index is 12.5. The lowest BCUT2D eigenvalue weighted by Gasteiger charge is -2.32. The number of hydrogen-bond acceptors (Lipinski definition) is 5. The Labute approximate surface area is 172 Å². The zero-order valence-electron chi connectivity index (χ0n) is 15.4. The summed E-state index contributed by atoms with van der Waals surface area (Å²) in [6.45, 7) is 0.550. The van der Waals surface area contributed by atoms with Crippen LogP contribution in [0.1, 0.15) is 17.0 Å². The van der Waals surface area contributed by atoms with E-state index in [1.807, 2.05) is 54.6 Å². The molecule has 1 aliphatic rings. The van der Waals surface area contributed by atoms with Crippen molar-refractivity contribution in [1.29, 1.82) is 5.26 Å². The zero-order valence-corrected chi connectivity index (χ0v) is 17.0. The van der Waals surface area contributed by atoms with Gasteiger partial charge < -0.3 is 15.4 Å². The molecule has 2 aromatic rings. The van der Waals surface area contributed by atoms with Crippen LogP contribution in [-0.4, -0.2) is 24.5 Å². The molecule has 0 spiro atoms. The molecule has 6 heteroatoms. The van der Waals surface area contributed by atoms with Crippen LogP contribution in [0.25, 0.3) is 0 Å². The highest BCUT2D eigenvalue weighted by molar-refractivity contribution is 9.10. The predicted octanol–water partition coefficient (Wildman–Crippen LogP) is 3.84. The summed E-state index contributed by atoms with van der Waals surface area (Å²) in [5, 5.41) is 9.82. The van der Waals surface area contributed by atoms with Gasteiger partial charge in [0.05, 0.1) is 30.2 Å². The van der Waals surface area contributed by atoms with Crippen molar-refractivity contribution < 1.29 is 9.53 Å². The first-order valence-electron chi connectivity index (χ1n) is 8.81. The van der Waals surface area contributed by atoms with E-state index in [1.54, 1.807) is 11.1 Å². The zero-order chi connectivity index (χ0) is 20.1. The van der Waals surface area contributed by atoms with E-state index in [0.717, 1.165) is 22.0 Å². The molecular formula is C22H20BrN3O2. The summed E-state index contributed by atoms with van der Waals surface area (Å²) in [5.41, 5.74) is 9.03. The second-order valence-electron chi connectivity index (χ2n) is 6.40. The summed E-state index contributed by atoms with van der Waals surface area (Å²) < 4.78 is 5.90. The van der Waals surface area contributed by atoms with Crippen molar-refractivity contribution >= 4 is 21.9 Å². The predicted molar refractivity (Wildman–Crippen MR) is 111 cm³/mol.